The zero-order valence-corrected chi connectivity index (χ0v) is 15.5. The molecule has 0 fully saturated rings. The monoisotopic (exact) mass is 390 g/mol. The van der Waals surface area contributed by atoms with Gasteiger partial charge in [-0.3, -0.25) is 0 Å². The van der Waals surface area contributed by atoms with E-state index in [-0.39, 0.29) is 12.4 Å². The number of rotatable bonds is 5. The molecule has 0 bridgehead atoms. The Labute approximate surface area is 166 Å². The average molecular weight is 391 g/mol. The van der Waals surface area contributed by atoms with Crippen molar-refractivity contribution < 1.29 is 9.53 Å². The van der Waals surface area contributed by atoms with E-state index in [1.54, 1.807) is 23.0 Å². The third-order valence-corrected chi connectivity index (χ3v) is 4.20. The molecular formula is C21H15ClN4O2. The zero-order chi connectivity index (χ0) is 19.3. The molecule has 0 aliphatic carbocycles. The van der Waals surface area contributed by atoms with E-state index in [4.69, 9.17) is 16.3 Å². The van der Waals surface area contributed by atoms with Crippen molar-refractivity contribution >= 4 is 17.6 Å². The number of pyridine rings is 1. The molecule has 138 valence electrons. The predicted molar refractivity (Wildman–Crippen MR) is 105 cm³/mol. The molecule has 7 heteroatoms. The van der Waals surface area contributed by atoms with Crippen LogP contribution in [0.4, 0.5) is 0 Å². The van der Waals surface area contributed by atoms with E-state index in [0.29, 0.717) is 11.0 Å². The van der Waals surface area contributed by atoms with Crippen LogP contribution in [-0.4, -0.2) is 25.7 Å². The highest BCUT2D eigenvalue weighted by Crippen LogP contribution is 2.21. The molecule has 0 atom stereocenters. The molecular weight excluding hydrogens is 376 g/mol. The lowest BCUT2D eigenvalue weighted by atomic mass is 10.2. The van der Waals surface area contributed by atoms with Gasteiger partial charge in [0.1, 0.15) is 11.8 Å². The Morgan fingerprint density at radius 1 is 0.964 bits per heavy atom. The topological polar surface area (TPSA) is 69.9 Å². The molecule has 0 amide bonds. The van der Waals surface area contributed by atoms with Crippen LogP contribution < -0.4 is 0 Å². The summed E-state index contributed by atoms with van der Waals surface area (Å²) in [7, 11) is 0. The van der Waals surface area contributed by atoms with Gasteiger partial charge >= 0.3 is 5.97 Å². The number of aromatic nitrogens is 4. The first-order valence-corrected chi connectivity index (χ1v) is 8.94. The number of esters is 1. The molecule has 6 nitrogen and oxygen atoms in total. The SMILES string of the molecule is O=C(OCc1ccc(Cl)nc1)c1nc(-c2ccccc2)n(-c2ccccc2)n1. The van der Waals surface area contributed by atoms with Crippen LogP contribution >= 0.6 is 11.6 Å². The largest absolute Gasteiger partial charge is 0.455 e. The number of carbonyl (C=O) groups excluding carboxylic acids is 1. The molecule has 2 heterocycles. The Hall–Kier alpha value is -3.51. The van der Waals surface area contributed by atoms with Crippen molar-refractivity contribution in [2.24, 2.45) is 0 Å². The van der Waals surface area contributed by atoms with Gasteiger partial charge in [0, 0.05) is 17.3 Å². The smallest absolute Gasteiger partial charge is 0.378 e. The molecule has 0 radical (unpaired) electrons. The molecule has 0 aliphatic heterocycles. The highest BCUT2D eigenvalue weighted by atomic mass is 35.5. The van der Waals surface area contributed by atoms with Gasteiger partial charge in [-0.25, -0.2) is 19.4 Å². The van der Waals surface area contributed by atoms with Crippen LogP contribution in [0.1, 0.15) is 16.2 Å². The minimum absolute atomic E-state index is 0.00960. The Morgan fingerprint density at radius 2 is 1.68 bits per heavy atom. The van der Waals surface area contributed by atoms with Crippen LogP contribution in [-0.2, 0) is 11.3 Å². The van der Waals surface area contributed by atoms with E-state index in [9.17, 15) is 4.79 Å². The maximum Gasteiger partial charge on any atom is 0.378 e. The lowest BCUT2D eigenvalue weighted by Gasteiger charge is -2.05. The van der Waals surface area contributed by atoms with Crippen LogP contribution in [0.15, 0.2) is 79.0 Å². The number of nitrogens with zero attached hydrogens (tertiary/aromatic N) is 4. The third kappa shape index (κ3) is 3.92. The fourth-order valence-corrected chi connectivity index (χ4v) is 2.74. The number of halogens is 1. The summed E-state index contributed by atoms with van der Waals surface area (Å²) in [5, 5.41) is 4.76. The fourth-order valence-electron chi connectivity index (χ4n) is 2.63. The van der Waals surface area contributed by atoms with E-state index < -0.39 is 5.97 Å². The second-order valence-corrected chi connectivity index (χ2v) is 6.32. The summed E-state index contributed by atoms with van der Waals surface area (Å²) in [6.45, 7) is 0.0591. The van der Waals surface area contributed by atoms with E-state index in [1.165, 1.54) is 0 Å². The molecule has 0 N–H and O–H groups in total. The molecule has 2 aromatic carbocycles. The number of hydrogen-bond acceptors (Lipinski definition) is 5. The summed E-state index contributed by atoms with van der Waals surface area (Å²) >= 11 is 5.77. The number of carbonyl (C=O) groups is 1. The van der Waals surface area contributed by atoms with Gasteiger partial charge < -0.3 is 4.74 Å². The Bertz CT molecular complexity index is 1020. The Morgan fingerprint density at radius 3 is 2.36 bits per heavy atom. The zero-order valence-electron chi connectivity index (χ0n) is 14.7. The van der Waals surface area contributed by atoms with Crippen LogP contribution in [0.25, 0.3) is 17.1 Å². The van der Waals surface area contributed by atoms with E-state index in [1.807, 2.05) is 60.7 Å². The van der Waals surface area contributed by atoms with Crippen molar-refractivity contribution in [3.05, 3.63) is 95.5 Å². The van der Waals surface area contributed by atoms with Crippen molar-refractivity contribution in [1.82, 2.24) is 19.7 Å². The van der Waals surface area contributed by atoms with E-state index in [0.717, 1.165) is 16.8 Å². The average Bonchev–Trinajstić information content (AvgIpc) is 3.20. The molecule has 0 aliphatic rings. The summed E-state index contributed by atoms with van der Waals surface area (Å²) in [4.78, 5) is 20.9. The van der Waals surface area contributed by atoms with E-state index in [2.05, 4.69) is 15.1 Å². The maximum atomic E-state index is 12.5. The van der Waals surface area contributed by atoms with Gasteiger partial charge in [0.25, 0.3) is 5.82 Å². The summed E-state index contributed by atoms with van der Waals surface area (Å²) < 4.78 is 6.97. The number of hydrogen-bond donors (Lipinski definition) is 0. The molecule has 0 spiro atoms. The van der Waals surface area contributed by atoms with Gasteiger partial charge in [0.2, 0.25) is 0 Å². The van der Waals surface area contributed by atoms with Crippen molar-refractivity contribution in [3.8, 4) is 17.1 Å². The quantitative estimate of drug-likeness (QED) is 0.374. The third-order valence-electron chi connectivity index (χ3n) is 3.98. The normalized spacial score (nSPS) is 10.6. The lowest BCUT2D eigenvalue weighted by molar-refractivity contribution is 0.0458. The van der Waals surface area contributed by atoms with Crippen LogP contribution in [0.5, 0.6) is 0 Å². The van der Waals surface area contributed by atoms with Gasteiger partial charge in [-0.05, 0) is 18.2 Å². The highest BCUT2D eigenvalue weighted by Gasteiger charge is 2.20. The molecule has 4 aromatic rings. The van der Waals surface area contributed by atoms with Crippen molar-refractivity contribution in [3.63, 3.8) is 0 Å². The Balaban J connectivity index is 1.63. The first kappa shape index (κ1) is 17.9. The molecule has 4 rings (SSSR count). The van der Waals surface area contributed by atoms with Crippen molar-refractivity contribution in [2.45, 2.75) is 6.61 Å². The second kappa shape index (κ2) is 8.02. The minimum Gasteiger partial charge on any atom is -0.455 e. The summed E-state index contributed by atoms with van der Waals surface area (Å²) in [6.07, 6.45) is 1.56. The van der Waals surface area contributed by atoms with Gasteiger partial charge in [-0.1, -0.05) is 66.2 Å². The molecule has 0 saturated heterocycles. The highest BCUT2D eigenvalue weighted by molar-refractivity contribution is 6.29. The van der Waals surface area contributed by atoms with Crippen molar-refractivity contribution in [1.29, 1.82) is 0 Å². The number of benzene rings is 2. The molecule has 2 aromatic heterocycles. The lowest BCUT2D eigenvalue weighted by Crippen LogP contribution is -2.08. The Kier molecular flexibility index (Phi) is 5.12. The maximum absolute atomic E-state index is 12.5. The van der Waals surface area contributed by atoms with Crippen molar-refractivity contribution in [2.75, 3.05) is 0 Å². The standard InChI is InChI=1S/C21H15ClN4O2/c22-18-12-11-15(13-23-18)14-28-21(27)19-24-20(16-7-3-1-4-8-16)26(25-19)17-9-5-2-6-10-17/h1-13H,14H2. The molecule has 0 unspecified atom stereocenters. The van der Waals surface area contributed by atoms with Crippen LogP contribution in [0.3, 0.4) is 0 Å². The minimum atomic E-state index is -0.609. The number of ether oxygens (including phenoxy) is 1. The summed E-state index contributed by atoms with van der Waals surface area (Å²) in [6, 6.07) is 22.5. The van der Waals surface area contributed by atoms with E-state index >= 15 is 0 Å². The molecule has 0 saturated carbocycles. The van der Waals surface area contributed by atoms with Gasteiger partial charge in [0.05, 0.1) is 5.69 Å². The summed E-state index contributed by atoms with van der Waals surface area (Å²) in [5.41, 5.74) is 2.37. The fraction of sp³-hybridized carbons (Fsp3) is 0.0476. The predicted octanol–water partition coefficient (Wildman–Crippen LogP) is 4.34. The van der Waals surface area contributed by atoms with Gasteiger partial charge in [0.15, 0.2) is 5.82 Å². The van der Waals surface area contributed by atoms with Gasteiger partial charge in [-0.2, -0.15) is 0 Å². The van der Waals surface area contributed by atoms with Gasteiger partial charge in [-0.15, -0.1) is 5.10 Å². The second-order valence-electron chi connectivity index (χ2n) is 5.94. The van der Waals surface area contributed by atoms with Crippen LogP contribution in [0, 0.1) is 0 Å². The first-order chi connectivity index (χ1) is 13.7. The first-order valence-electron chi connectivity index (χ1n) is 8.56. The molecule has 28 heavy (non-hydrogen) atoms. The number of para-hydroxylation sites is 1. The van der Waals surface area contributed by atoms with Crippen LogP contribution in [0.2, 0.25) is 5.15 Å². The summed E-state index contributed by atoms with van der Waals surface area (Å²) in [5.74, 6) is -0.0571.